The molecule has 1 aromatic carbocycles. The molecule has 0 bridgehead atoms. The maximum Gasteiger partial charge on any atom is 0.0928 e. The van der Waals surface area contributed by atoms with Crippen LogP contribution in [-0.4, -0.2) is 46.5 Å². The van der Waals surface area contributed by atoms with Crippen molar-refractivity contribution in [3.05, 3.63) is 34.9 Å². The van der Waals surface area contributed by atoms with Crippen molar-refractivity contribution in [3.63, 3.8) is 0 Å². The van der Waals surface area contributed by atoms with Crippen molar-refractivity contribution >= 4 is 28.8 Å². The van der Waals surface area contributed by atoms with E-state index in [9.17, 15) is 0 Å². The highest BCUT2D eigenvalue weighted by Gasteiger charge is 2.32. The van der Waals surface area contributed by atoms with Crippen LogP contribution in [0.1, 0.15) is 19.4 Å². The van der Waals surface area contributed by atoms with Crippen LogP contribution in [0.15, 0.2) is 24.3 Å². The number of nitrogens with zero attached hydrogens (tertiary/aromatic N) is 2. The van der Waals surface area contributed by atoms with Crippen LogP contribution in [0.2, 0.25) is 5.02 Å². The van der Waals surface area contributed by atoms with Crippen LogP contribution < -0.4 is 5.73 Å². The van der Waals surface area contributed by atoms with Gasteiger partial charge >= 0.3 is 0 Å². The van der Waals surface area contributed by atoms with E-state index in [2.05, 4.69) is 29.7 Å². The fraction of sp³-hybridized carbons (Fsp3) is 0.533. The first-order valence-corrected chi connectivity index (χ1v) is 7.70. The lowest BCUT2D eigenvalue weighted by Crippen LogP contribution is -2.59. The van der Waals surface area contributed by atoms with E-state index in [-0.39, 0.29) is 5.54 Å². The van der Waals surface area contributed by atoms with E-state index in [1.54, 1.807) is 0 Å². The van der Waals surface area contributed by atoms with E-state index < -0.39 is 0 Å². The molecule has 1 aromatic rings. The maximum atomic E-state index is 6.03. The lowest BCUT2D eigenvalue weighted by Gasteiger charge is -2.43. The number of halogens is 1. The SMILES string of the molecule is CC(C)(C(N)=S)N1CCN(Cc2cccc(Cl)c2)CC1. The van der Waals surface area contributed by atoms with Crippen LogP contribution >= 0.6 is 23.8 Å². The number of hydrogen-bond acceptors (Lipinski definition) is 3. The molecule has 0 spiro atoms. The summed E-state index contributed by atoms with van der Waals surface area (Å²) < 4.78 is 0. The molecule has 1 fully saturated rings. The van der Waals surface area contributed by atoms with Gasteiger partial charge in [0.05, 0.1) is 10.5 Å². The predicted molar refractivity (Wildman–Crippen MR) is 89.2 cm³/mol. The highest BCUT2D eigenvalue weighted by molar-refractivity contribution is 7.80. The molecule has 1 aliphatic rings. The Labute approximate surface area is 131 Å². The quantitative estimate of drug-likeness (QED) is 0.866. The smallest absolute Gasteiger partial charge is 0.0928 e. The molecule has 0 saturated carbocycles. The Morgan fingerprint density at radius 3 is 2.50 bits per heavy atom. The van der Waals surface area contributed by atoms with Gasteiger partial charge in [-0.25, -0.2) is 0 Å². The molecule has 2 rings (SSSR count). The Bertz CT molecular complexity index is 482. The largest absolute Gasteiger partial charge is 0.392 e. The standard InChI is InChI=1S/C15H22ClN3S/c1-15(2,14(17)20)19-8-6-18(7-9-19)11-12-4-3-5-13(16)10-12/h3-5,10H,6-9,11H2,1-2H3,(H2,17,20). The summed E-state index contributed by atoms with van der Waals surface area (Å²) in [5.41, 5.74) is 6.90. The Hall–Kier alpha value is -0.680. The van der Waals surface area contributed by atoms with E-state index in [0.29, 0.717) is 4.99 Å². The number of thiocarbonyl (C=S) groups is 1. The summed E-state index contributed by atoms with van der Waals surface area (Å²) in [7, 11) is 0. The second kappa shape index (κ2) is 6.39. The molecule has 2 N–H and O–H groups in total. The van der Waals surface area contributed by atoms with Crippen LogP contribution in [-0.2, 0) is 6.54 Å². The van der Waals surface area contributed by atoms with Crippen molar-refractivity contribution < 1.29 is 0 Å². The second-order valence-electron chi connectivity index (χ2n) is 5.82. The molecule has 0 radical (unpaired) electrons. The van der Waals surface area contributed by atoms with Gasteiger partial charge < -0.3 is 5.73 Å². The van der Waals surface area contributed by atoms with Gasteiger partial charge in [0.1, 0.15) is 0 Å². The van der Waals surface area contributed by atoms with Crippen molar-refractivity contribution in [3.8, 4) is 0 Å². The van der Waals surface area contributed by atoms with Crippen LogP contribution in [0.25, 0.3) is 0 Å². The molecule has 1 heterocycles. The predicted octanol–water partition coefficient (Wildman–Crippen LogP) is 2.52. The molecule has 0 atom stereocenters. The van der Waals surface area contributed by atoms with Gasteiger partial charge in [-0.1, -0.05) is 36.0 Å². The third-order valence-electron chi connectivity index (χ3n) is 4.06. The Kier molecular flexibility index (Phi) is 5.02. The highest BCUT2D eigenvalue weighted by atomic mass is 35.5. The normalized spacial score (nSPS) is 18.1. The molecule has 20 heavy (non-hydrogen) atoms. The zero-order valence-corrected chi connectivity index (χ0v) is 13.7. The maximum absolute atomic E-state index is 6.03. The topological polar surface area (TPSA) is 32.5 Å². The van der Waals surface area contributed by atoms with E-state index in [4.69, 9.17) is 29.6 Å². The molecule has 1 saturated heterocycles. The first-order valence-electron chi connectivity index (χ1n) is 6.91. The minimum Gasteiger partial charge on any atom is -0.392 e. The third kappa shape index (κ3) is 3.70. The zero-order chi connectivity index (χ0) is 14.8. The van der Waals surface area contributed by atoms with Gasteiger partial charge in [0, 0.05) is 37.7 Å². The fourth-order valence-electron chi connectivity index (χ4n) is 2.51. The van der Waals surface area contributed by atoms with Crippen molar-refractivity contribution in [2.45, 2.75) is 25.9 Å². The van der Waals surface area contributed by atoms with Crippen LogP contribution in [0.4, 0.5) is 0 Å². The Morgan fingerprint density at radius 2 is 1.95 bits per heavy atom. The average molecular weight is 312 g/mol. The summed E-state index contributed by atoms with van der Waals surface area (Å²) in [6.07, 6.45) is 0. The number of nitrogens with two attached hydrogens (primary N) is 1. The summed E-state index contributed by atoms with van der Waals surface area (Å²) in [6, 6.07) is 8.07. The van der Waals surface area contributed by atoms with Gasteiger partial charge in [0.15, 0.2) is 0 Å². The van der Waals surface area contributed by atoms with E-state index >= 15 is 0 Å². The second-order valence-corrected chi connectivity index (χ2v) is 6.69. The molecular formula is C15H22ClN3S. The van der Waals surface area contributed by atoms with Crippen LogP contribution in [0, 0.1) is 0 Å². The minimum atomic E-state index is -0.197. The van der Waals surface area contributed by atoms with Crippen molar-refractivity contribution in [1.29, 1.82) is 0 Å². The number of rotatable bonds is 4. The molecule has 0 unspecified atom stereocenters. The Balaban J connectivity index is 1.90. The summed E-state index contributed by atoms with van der Waals surface area (Å²) in [5, 5.41) is 0.802. The van der Waals surface area contributed by atoms with E-state index in [0.717, 1.165) is 37.7 Å². The fourth-order valence-corrected chi connectivity index (χ4v) is 2.86. The molecule has 0 aliphatic carbocycles. The van der Waals surface area contributed by atoms with Gasteiger partial charge in [0.2, 0.25) is 0 Å². The molecular weight excluding hydrogens is 290 g/mol. The van der Waals surface area contributed by atoms with Crippen LogP contribution in [0.3, 0.4) is 0 Å². The minimum absolute atomic E-state index is 0.197. The molecule has 110 valence electrons. The molecule has 1 aliphatic heterocycles. The number of piperazine rings is 1. The lowest BCUT2D eigenvalue weighted by atomic mass is 10.0. The first kappa shape index (κ1) is 15.7. The molecule has 0 aromatic heterocycles. The molecule has 3 nitrogen and oxygen atoms in total. The summed E-state index contributed by atoms with van der Waals surface area (Å²) in [5.74, 6) is 0. The van der Waals surface area contributed by atoms with Crippen molar-refractivity contribution in [2.75, 3.05) is 26.2 Å². The molecule has 0 amide bonds. The van der Waals surface area contributed by atoms with Gasteiger partial charge in [-0.3, -0.25) is 9.80 Å². The zero-order valence-electron chi connectivity index (χ0n) is 12.1. The monoisotopic (exact) mass is 311 g/mol. The lowest BCUT2D eigenvalue weighted by molar-refractivity contribution is 0.0821. The summed E-state index contributed by atoms with van der Waals surface area (Å²) in [4.78, 5) is 5.38. The van der Waals surface area contributed by atoms with Gasteiger partial charge in [-0.15, -0.1) is 0 Å². The summed E-state index contributed by atoms with van der Waals surface area (Å²) in [6.45, 7) is 9.18. The molecule has 5 heteroatoms. The Morgan fingerprint density at radius 1 is 1.30 bits per heavy atom. The van der Waals surface area contributed by atoms with Crippen molar-refractivity contribution in [1.82, 2.24) is 9.80 Å². The summed E-state index contributed by atoms with van der Waals surface area (Å²) >= 11 is 11.2. The van der Waals surface area contributed by atoms with Gasteiger partial charge in [0.25, 0.3) is 0 Å². The highest BCUT2D eigenvalue weighted by Crippen LogP contribution is 2.19. The first-order chi connectivity index (χ1) is 9.39. The van der Waals surface area contributed by atoms with Crippen LogP contribution in [0.5, 0.6) is 0 Å². The number of benzene rings is 1. The van der Waals surface area contributed by atoms with Crippen molar-refractivity contribution in [2.24, 2.45) is 5.73 Å². The van der Waals surface area contributed by atoms with E-state index in [1.165, 1.54) is 5.56 Å². The van der Waals surface area contributed by atoms with Gasteiger partial charge in [-0.05, 0) is 31.5 Å². The average Bonchev–Trinajstić information content (AvgIpc) is 2.39. The third-order valence-corrected chi connectivity index (χ3v) is 4.80. The van der Waals surface area contributed by atoms with E-state index in [1.807, 2.05) is 18.2 Å². The van der Waals surface area contributed by atoms with Gasteiger partial charge in [-0.2, -0.15) is 0 Å². The number of hydrogen-bond donors (Lipinski definition) is 1.